The third-order valence-corrected chi connectivity index (χ3v) is 17.4. The summed E-state index contributed by atoms with van der Waals surface area (Å²) in [7, 11) is 2.12. The van der Waals surface area contributed by atoms with Crippen LogP contribution in [0.4, 0.5) is 4.79 Å². The van der Waals surface area contributed by atoms with Crippen LogP contribution in [0.3, 0.4) is 0 Å². The number of quaternary nitrogens is 1. The van der Waals surface area contributed by atoms with Crippen LogP contribution in [0.5, 0.6) is 5.88 Å². The van der Waals surface area contributed by atoms with Crippen LogP contribution in [-0.2, 0) is 38.1 Å². The van der Waals surface area contributed by atoms with Crippen LogP contribution in [0.1, 0.15) is 336 Å². The van der Waals surface area contributed by atoms with E-state index < -0.39 is 12.3 Å². The molecule has 0 aliphatic carbocycles. The Morgan fingerprint density at radius 3 is 1.37 bits per heavy atom. The van der Waals surface area contributed by atoms with Crippen molar-refractivity contribution in [2.75, 3.05) is 46.6 Å². The maximum absolute atomic E-state index is 13.2. The Balaban J connectivity index is 1.57. The van der Waals surface area contributed by atoms with Crippen LogP contribution in [0.25, 0.3) is 5.57 Å². The van der Waals surface area contributed by atoms with Crippen molar-refractivity contribution in [2.45, 2.75) is 342 Å². The predicted octanol–water partition coefficient (Wildman–Crippen LogP) is 19.9. The van der Waals surface area contributed by atoms with Gasteiger partial charge in [0.2, 0.25) is 6.23 Å². The second kappa shape index (κ2) is 53.0. The summed E-state index contributed by atoms with van der Waals surface area (Å²) in [5.74, 6) is -0.138. The molecule has 83 heavy (non-hydrogen) atoms. The van der Waals surface area contributed by atoms with E-state index in [1.165, 1.54) is 192 Å². The topological polar surface area (TPSA) is 149 Å². The maximum atomic E-state index is 13.2. The third kappa shape index (κ3) is 42.3. The molecule has 0 N–H and O–H groups in total. The molecule has 0 fully saturated rings. The lowest BCUT2D eigenvalue weighted by Gasteiger charge is -2.41. The second-order valence-corrected chi connectivity index (χ2v) is 25.5. The first-order valence-electron chi connectivity index (χ1n) is 34.8. The zero-order valence-corrected chi connectivity index (χ0v) is 55.2. The highest BCUT2D eigenvalue weighted by Crippen LogP contribution is 2.32. The standard InChI is InChI=1S/C69H126N3O10S/c1-7-10-13-16-18-20-22-24-28-32-36-40-44-51-64(73)79-58-63(59-80-65(74)52-45-41-37-33-29-25-23-21-19-17-14-11-8-2)82-66(75)56-60(4)49-43-39-35-31-27-26-30-34-38-42-47-55-78-69(76)81-61(5)72(6)53-48-50-62(57-72)67-68(71-83-70-67)77-54-46-15-12-9-3/h50,60-61,63H,7-49,51-59H2,1-6H3/q+1. The monoisotopic (exact) mass is 1190 g/mol. The minimum Gasteiger partial charge on any atom is -0.475 e. The molecule has 3 unspecified atom stereocenters. The van der Waals surface area contributed by atoms with Gasteiger partial charge in [0.15, 0.2) is 6.10 Å². The normalized spacial score (nSPS) is 15.0. The first kappa shape index (κ1) is 75.8. The number of nitrogens with zero attached hydrogens (tertiary/aromatic N) is 3. The van der Waals surface area contributed by atoms with Crippen molar-refractivity contribution in [2.24, 2.45) is 5.92 Å². The third-order valence-electron chi connectivity index (χ3n) is 16.9. The summed E-state index contributed by atoms with van der Waals surface area (Å²) >= 11 is 1.18. The predicted molar refractivity (Wildman–Crippen MR) is 342 cm³/mol. The zero-order valence-electron chi connectivity index (χ0n) is 54.4. The van der Waals surface area contributed by atoms with E-state index in [-0.39, 0.29) is 49.7 Å². The molecule has 0 bridgehead atoms. The number of likely N-dealkylation sites (N-methyl/N-ethyl adjacent to an activating group) is 1. The Bertz CT molecular complexity index is 1710. The van der Waals surface area contributed by atoms with Gasteiger partial charge in [0.1, 0.15) is 25.5 Å². The van der Waals surface area contributed by atoms with Gasteiger partial charge in [-0.2, -0.15) is 4.37 Å². The molecule has 14 heteroatoms. The largest absolute Gasteiger partial charge is 0.512 e. The molecule has 1 aliphatic rings. The summed E-state index contributed by atoms with van der Waals surface area (Å²) in [5, 5.41) is 0. The molecule has 0 spiro atoms. The van der Waals surface area contributed by atoms with E-state index in [2.05, 4.69) is 49.6 Å². The quantitative estimate of drug-likeness (QED) is 0.0264. The number of carbonyl (C=O) groups excluding carboxylic acids is 4. The minimum absolute atomic E-state index is 0.0965. The SMILES string of the molecule is CCCCCCCCCCCCCCCC(=O)OCC(COC(=O)CCCCCCCCCCCCCCC)OC(=O)CC(C)CCCCCCCCCCCCCOC(=O)OC(C)[N+]1(C)CCC=C(c2nsnc2OCCCCCC)C1. The van der Waals surface area contributed by atoms with Gasteiger partial charge >= 0.3 is 24.1 Å². The smallest absolute Gasteiger partial charge is 0.475 e. The van der Waals surface area contributed by atoms with Crippen molar-refractivity contribution in [3.8, 4) is 5.88 Å². The minimum atomic E-state index is -0.809. The van der Waals surface area contributed by atoms with E-state index in [0.29, 0.717) is 43.0 Å². The first-order valence-corrected chi connectivity index (χ1v) is 35.6. The number of aromatic nitrogens is 2. The molecule has 2 rings (SSSR count). The highest BCUT2D eigenvalue weighted by atomic mass is 32.1. The van der Waals surface area contributed by atoms with Crippen LogP contribution in [0, 0.1) is 5.92 Å². The van der Waals surface area contributed by atoms with Gasteiger partial charge in [-0.1, -0.05) is 278 Å². The highest BCUT2D eigenvalue weighted by Gasteiger charge is 2.37. The lowest BCUT2D eigenvalue weighted by atomic mass is 9.99. The molecule has 0 saturated carbocycles. The molecule has 13 nitrogen and oxygen atoms in total. The molecular weight excluding hydrogens is 1060 g/mol. The summed E-state index contributed by atoms with van der Waals surface area (Å²) in [6.07, 6.45) is 52.6. The van der Waals surface area contributed by atoms with Crippen molar-refractivity contribution in [3.63, 3.8) is 0 Å². The van der Waals surface area contributed by atoms with Crippen LogP contribution < -0.4 is 4.74 Å². The molecule has 0 amide bonds. The van der Waals surface area contributed by atoms with Gasteiger partial charge in [-0.05, 0) is 31.6 Å². The van der Waals surface area contributed by atoms with E-state index in [0.717, 1.165) is 114 Å². The van der Waals surface area contributed by atoms with Gasteiger partial charge in [0, 0.05) is 38.2 Å². The average Bonchev–Trinajstić information content (AvgIpc) is 4.11. The molecule has 3 atom stereocenters. The van der Waals surface area contributed by atoms with Gasteiger partial charge in [0.05, 0.1) is 38.5 Å². The molecule has 1 aromatic rings. The first-order chi connectivity index (χ1) is 40.5. The summed E-state index contributed by atoms with van der Waals surface area (Å²) in [6, 6.07) is 0. The average molecular weight is 1190 g/mol. The zero-order chi connectivity index (χ0) is 60.1. The van der Waals surface area contributed by atoms with Crippen molar-refractivity contribution >= 4 is 41.4 Å². The molecule has 0 aromatic carbocycles. The van der Waals surface area contributed by atoms with Gasteiger partial charge < -0.3 is 28.4 Å². The molecule has 1 aliphatic heterocycles. The summed E-state index contributed by atoms with van der Waals surface area (Å²) < 4.78 is 43.9. The van der Waals surface area contributed by atoms with E-state index in [1.54, 1.807) is 0 Å². The number of esters is 3. The van der Waals surface area contributed by atoms with Crippen LogP contribution in [0.2, 0.25) is 0 Å². The molecule has 482 valence electrons. The number of hydrogen-bond acceptors (Lipinski definition) is 13. The number of rotatable bonds is 58. The molecule has 2 heterocycles. The molecule has 0 saturated heterocycles. The number of hydrogen-bond donors (Lipinski definition) is 0. The van der Waals surface area contributed by atoms with Gasteiger partial charge in [-0.25, -0.2) is 4.79 Å². The van der Waals surface area contributed by atoms with Gasteiger partial charge in [-0.15, -0.1) is 4.37 Å². The van der Waals surface area contributed by atoms with E-state index in [4.69, 9.17) is 28.4 Å². The Kier molecular flexibility index (Phi) is 48.4. The lowest BCUT2D eigenvalue weighted by Crippen LogP contribution is -2.55. The van der Waals surface area contributed by atoms with E-state index in [9.17, 15) is 19.2 Å². The van der Waals surface area contributed by atoms with Crippen molar-refractivity contribution in [3.05, 3.63) is 11.8 Å². The molecular formula is C69H126N3O10S+. The van der Waals surface area contributed by atoms with E-state index >= 15 is 0 Å². The van der Waals surface area contributed by atoms with E-state index in [1.807, 2.05) is 6.92 Å². The lowest BCUT2D eigenvalue weighted by molar-refractivity contribution is -0.944. The Labute approximate surface area is 512 Å². The van der Waals surface area contributed by atoms with Crippen LogP contribution >= 0.6 is 11.7 Å². The summed E-state index contributed by atoms with van der Waals surface area (Å²) in [6.45, 7) is 13.1. The fourth-order valence-electron chi connectivity index (χ4n) is 11.2. The van der Waals surface area contributed by atoms with Crippen LogP contribution in [-0.4, -0.2) is 96.2 Å². The highest BCUT2D eigenvalue weighted by molar-refractivity contribution is 6.99. The van der Waals surface area contributed by atoms with Crippen molar-refractivity contribution in [1.29, 1.82) is 0 Å². The van der Waals surface area contributed by atoms with Crippen molar-refractivity contribution in [1.82, 2.24) is 8.75 Å². The Morgan fingerprint density at radius 1 is 0.494 bits per heavy atom. The Hall–Kier alpha value is -3.26. The molecule has 0 radical (unpaired) electrons. The van der Waals surface area contributed by atoms with Gasteiger partial charge in [-0.3, -0.25) is 18.9 Å². The second-order valence-electron chi connectivity index (χ2n) is 25.0. The van der Waals surface area contributed by atoms with Crippen molar-refractivity contribution < 1.29 is 52.1 Å². The summed E-state index contributed by atoms with van der Waals surface area (Å²) in [4.78, 5) is 51.4. The van der Waals surface area contributed by atoms with Crippen LogP contribution in [0.15, 0.2) is 6.08 Å². The fourth-order valence-corrected chi connectivity index (χ4v) is 11.7. The van der Waals surface area contributed by atoms with Gasteiger partial charge in [0.25, 0.3) is 5.88 Å². The summed E-state index contributed by atoms with van der Waals surface area (Å²) in [5.41, 5.74) is 1.90. The number of unbranched alkanes of at least 4 members (excludes halogenated alkanes) is 37. The number of ether oxygens (including phenoxy) is 6. The molecule has 1 aromatic heterocycles. The maximum Gasteiger partial charge on any atom is 0.512 e. The Morgan fingerprint density at radius 2 is 0.904 bits per heavy atom. The number of carbonyl (C=O) groups is 4. The fraction of sp³-hybridized carbons (Fsp3) is 0.884.